The highest BCUT2D eigenvalue weighted by Gasteiger charge is 2.12. The van der Waals surface area contributed by atoms with E-state index in [-0.39, 0.29) is 17.7 Å². The standard InChI is InChI=1S/C20H17FN4O3/c1-3-18(26)23-13-7-6-8-14(11-13)28-19-15(21)12-22-20(25-19)24-16-9-4-5-10-17(16)27-2/h3-12H,1H2,2H3,(H,23,26)(H,22,24,25). The zero-order chi connectivity index (χ0) is 19.9. The van der Waals surface area contributed by atoms with Gasteiger partial charge in [0.1, 0.15) is 11.5 Å². The second-order valence-corrected chi connectivity index (χ2v) is 5.50. The largest absolute Gasteiger partial charge is 0.495 e. The molecular formula is C20H17FN4O3. The Morgan fingerprint density at radius 1 is 1.21 bits per heavy atom. The van der Waals surface area contributed by atoms with Crippen molar-refractivity contribution in [2.45, 2.75) is 0 Å². The number of halogens is 1. The van der Waals surface area contributed by atoms with Crippen molar-refractivity contribution in [2.75, 3.05) is 17.7 Å². The van der Waals surface area contributed by atoms with Gasteiger partial charge in [0.05, 0.1) is 19.0 Å². The topological polar surface area (TPSA) is 85.4 Å². The normalized spacial score (nSPS) is 10.1. The SMILES string of the molecule is C=CC(=O)Nc1cccc(Oc2nc(Nc3ccccc3OC)ncc2F)c1. The number of carbonyl (C=O) groups excluding carboxylic acids is 1. The minimum absolute atomic E-state index is 0.136. The summed E-state index contributed by atoms with van der Waals surface area (Å²) in [7, 11) is 1.54. The molecule has 0 aliphatic heterocycles. The van der Waals surface area contributed by atoms with Crippen LogP contribution in [0.3, 0.4) is 0 Å². The van der Waals surface area contributed by atoms with Gasteiger partial charge >= 0.3 is 0 Å². The molecule has 0 unspecified atom stereocenters. The molecule has 0 saturated heterocycles. The number of hydrogen-bond acceptors (Lipinski definition) is 6. The number of amides is 1. The van der Waals surface area contributed by atoms with Gasteiger partial charge in [0.15, 0.2) is 0 Å². The van der Waals surface area contributed by atoms with Gasteiger partial charge in [-0.2, -0.15) is 9.37 Å². The maximum atomic E-state index is 14.1. The van der Waals surface area contributed by atoms with E-state index in [0.717, 1.165) is 12.3 Å². The minimum atomic E-state index is -0.730. The van der Waals surface area contributed by atoms with Gasteiger partial charge < -0.3 is 20.1 Å². The smallest absolute Gasteiger partial charge is 0.260 e. The molecule has 0 spiro atoms. The van der Waals surface area contributed by atoms with E-state index in [1.54, 1.807) is 37.4 Å². The third-order valence-electron chi connectivity index (χ3n) is 3.57. The molecule has 28 heavy (non-hydrogen) atoms. The molecule has 0 atom stereocenters. The van der Waals surface area contributed by atoms with Crippen LogP contribution in [0.4, 0.5) is 21.7 Å². The maximum absolute atomic E-state index is 14.1. The predicted octanol–water partition coefficient (Wildman–Crippen LogP) is 4.28. The summed E-state index contributed by atoms with van der Waals surface area (Å²) in [5.74, 6) is -0.345. The number of hydrogen-bond donors (Lipinski definition) is 2. The number of aromatic nitrogens is 2. The summed E-state index contributed by atoms with van der Waals surface area (Å²) in [6, 6.07) is 13.6. The second-order valence-electron chi connectivity index (χ2n) is 5.50. The van der Waals surface area contributed by atoms with Gasteiger partial charge in [0.25, 0.3) is 5.88 Å². The third-order valence-corrected chi connectivity index (χ3v) is 3.57. The first-order valence-corrected chi connectivity index (χ1v) is 8.23. The lowest BCUT2D eigenvalue weighted by Crippen LogP contribution is -2.07. The Bertz CT molecular complexity index is 1010. The molecular weight excluding hydrogens is 363 g/mol. The number of ether oxygens (including phenoxy) is 2. The molecule has 7 nitrogen and oxygen atoms in total. The Balaban J connectivity index is 1.81. The summed E-state index contributed by atoms with van der Waals surface area (Å²) in [5.41, 5.74) is 1.10. The highest BCUT2D eigenvalue weighted by atomic mass is 19.1. The zero-order valence-corrected chi connectivity index (χ0v) is 15.0. The van der Waals surface area contributed by atoms with Crippen molar-refractivity contribution in [1.29, 1.82) is 0 Å². The minimum Gasteiger partial charge on any atom is -0.495 e. The molecule has 0 radical (unpaired) electrons. The molecule has 0 saturated carbocycles. The summed E-state index contributed by atoms with van der Waals surface area (Å²) in [5, 5.41) is 5.56. The summed E-state index contributed by atoms with van der Waals surface area (Å²) < 4.78 is 24.9. The quantitative estimate of drug-likeness (QED) is 0.595. The van der Waals surface area contributed by atoms with Gasteiger partial charge in [0.2, 0.25) is 17.7 Å². The number of carbonyl (C=O) groups is 1. The predicted molar refractivity (Wildman–Crippen MR) is 104 cm³/mol. The molecule has 3 rings (SSSR count). The van der Waals surface area contributed by atoms with E-state index in [9.17, 15) is 9.18 Å². The van der Waals surface area contributed by atoms with Gasteiger partial charge in [0, 0.05) is 11.8 Å². The fourth-order valence-electron chi connectivity index (χ4n) is 2.29. The van der Waals surface area contributed by atoms with Crippen LogP contribution in [-0.2, 0) is 4.79 Å². The lowest BCUT2D eigenvalue weighted by atomic mass is 10.3. The van der Waals surface area contributed by atoms with E-state index < -0.39 is 5.82 Å². The number of nitrogens with one attached hydrogen (secondary N) is 2. The van der Waals surface area contributed by atoms with Crippen molar-refractivity contribution < 1.29 is 18.7 Å². The lowest BCUT2D eigenvalue weighted by Gasteiger charge is -2.11. The van der Waals surface area contributed by atoms with Crippen LogP contribution in [0.1, 0.15) is 0 Å². The fraction of sp³-hybridized carbons (Fsp3) is 0.0500. The van der Waals surface area contributed by atoms with Crippen molar-refractivity contribution in [2.24, 2.45) is 0 Å². The Morgan fingerprint density at radius 3 is 2.82 bits per heavy atom. The van der Waals surface area contributed by atoms with Crippen LogP contribution in [0.15, 0.2) is 67.4 Å². The average molecular weight is 380 g/mol. The van der Waals surface area contributed by atoms with Crippen LogP contribution in [0.25, 0.3) is 0 Å². The van der Waals surface area contributed by atoms with E-state index in [1.807, 2.05) is 12.1 Å². The van der Waals surface area contributed by atoms with E-state index in [4.69, 9.17) is 9.47 Å². The van der Waals surface area contributed by atoms with Gasteiger partial charge in [-0.05, 0) is 30.3 Å². The Labute approximate surface area is 160 Å². The Hall–Kier alpha value is -3.94. The molecule has 0 aliphatic carbocycles. The van der Waals surface area contributed by atoms with Crippen LogP contribution >= 0.6 is 0 Å². The molecule has 1 amide bonds. The molecule has 0 fully saturated rings. The number of methoxy groups -OCH3 is 1. The molecule has 0 bridgehead atoms. The van der Waals surface area contributed by atoms with E-state index in [2.05, 4.69) is 27.2 Å². The number of para-hydroxylation sites is 2. The summed E-state index contributed by atoms with van der Waals surface area (Å²) in [6.45, 7) is 3.39. The molecule has 1 heterocycles. The number of rotatable bonds is 7. The third kappa shape index (κ3) is 4.61. The van der Waals surface area contributed by atoms with Crippen LogP contribution in [0.5, 0.6) is 17.4 Å². The molecule has 142 valence electrons. The van der Waals surface area contributed by atoms with Gasteiger partial charge in [-0.25, -0.2) is 4.98 Å². The summed E-state index contributed by atoms with van der Waals surface area (Å²) in [6.07, 6.45) is 2.15. The molecule has 2 N–H and O–H groups in total. The monoisotopic (exact) mass is 380 g/mol. The molecule has 3 aromatic rings. The van der Waals surface area contributed by atoms with Crippen LogP contribution in [0.2, 0.25) is 0 Å². The van der Waals surface area contributed by atoms with Crippen molar-refractivity contribution in [3.05, 3.63) is 73.2 Å². The Kier molecular flexibility index (Phi) is 5.81. The highest BCUT2D eigenvalue weighted by molar-refractivity contribution is 5.98. The van der Waals surface area contributed by atoms with Crippen LogP contribution in [0, 0.1) is 5.82 Å². The summed E-state index contributed by atoms with van der Waals surface area (Å²) >= 11 is 0. The van der Waals surface area contributed by atoms with Crippen LogP contribution < -0.4 is 20.1 Å². The average Bonchev–Trinajstić information content (AvgIpc) is 2.71. The number of nitrogens with zero attached hydrogens (tertiary/aromatic N) is 2. The van der Waals surface area contributed by atoms with E-state index in [1.165, 1.54) is 6.07 Å². The van der Waals surface area contributed by atoms with Gasteiger partial charge in [-0.3, -0.25) is 4.79 Å². The first-order valence-electron chi connectivity index (χ1n) is 8.23. The van der Waals surface area contributed by atoms with Crippen molar-refractivity contribution >= 4 is 23.2 Å². The van der Waals surface area contributed by atoms with Crippen molar-refractivity contribution in [3.63, 3.8) is 0 Å². The van der Waals surface area contributed by atoms with Gasteiger partial charge in [-0.15, -0.1) is 0 Å². The number of benzene rings is 2. The highest BCUT2D eigenvalue weighted by Crippen LogP contribution is 2.28. The molecule has 2 aromatic carbocycles. The number of anilines is 3. The second kappa shape index (κ2) is 8.63. The molecule has 0 aliphatic rings. The lowest BCUT2D eigenvalue weighted by molar-refractivity contribution is -0.111. The van der Waals surface area contributed by atoms with Crippen molar-refractivity contribution in [3.8, 4) is 17.4 Å². The zero-order valence-electron chi connectivity index (χ0n) is 15.0. The van der Waals surface area contributed by atoms with E-state index >= 15 is 0 Å². The van der Waals surface area contributed by atoms with Crippen LogP contribution in [-0.4, -0.2) is 23.0 Å². The van der Waals surface area contributed by atoms with E-state index in [0.29, 0.717) is 22.9 Å². The van der Waals surface area contributed by atoms with Crippen molar-refractivity contribution in [1.82, 2.24) is 9.97 Å². The first-order chi connectivity index (χ1) is 13.6. The molecule has 8 heteroatoms. The molecule has 1 aromatic heterocycles. The summed E-state index contributed by atoms with van der Waals surface area (Å²) in [4.78, 5) is 19.4. The first kappa shape index (κ1) is 18.8. The van der Waals surface area contributed by atoms with Gasteiger partial charge in [-0.1, -0.05) is 24.8 Å². The maximum Gasteiger partial charge on any atom is 0.260 e. The fourth-order valence-corrected chi connectivity index (χ4v) is 2.29. The Morgan fingerprint density at radius 2 is 2.04 bits per heavy atom.